The van der Waals surface area contributed by atoms with E-state index >= 15 is 0 Å². The van der Waals surface area contributed by atoms with E-state index in [9.17, 15) is 4.79 Å². The van der Waals surface area contributed by atoms with Crippen molar-refractivity contribution in [3.05, 3.63) is 24.4 Å². The Kier molecular flexibility index (Phi) is 4.69. The zero-order valence-corrected chi connectivity index (χ0v) is 14.2. The molecule has 2 aromatic heterocycles. The van der Waals surface area contributed by atoms with Crippen LogP contribution in [-0.4, -0.2) is 68.5 Å². The molecule has 0 aliphatic carbocycles. The molecule has 4 rings (SSSR count). The molecule has 2 aromatic rings. The van der Waals surface area contributed by atoms with Crippen molar-refractivity contribution in [1.29, 1.82) is 0 Å². The molecule has 132 valence electrons. The summed E-state index contributed by atoms with van der Waals surface area (Å²) in [6.07, 6.45) is 8.03. The van der Waals surface area contributed by atoms with Crippen LogP contribution in [0.5, 0.6) is 0 Å². The minimum Gasteiger partial charge on any atom is -0.342 e. The molecular formula is C17H22N6O2. The number of nitrogens with zero attached hydrogens (tertiary/aromatic N) is 6. The van der Waals surface area contributed by atoms with Gasteiger partial charge in [0.2, 0.25) is 23.4 Å². The van der Waals surface area contributed by atoms with Gasteiger partial charge in [0, 0.05) is 38.6 Å². The van der Waals surface area contributed by atoms with E-state index in [-0.39, 0.29) is 11.8 Å². The topological polar surface area (TPSA) is 88.2 Å². The zero-order chi connectivity index (χ0) is 17.1. The van der Waals surface area contributed by atoms with Gasteiger partial charge in [0.25, 0.3) is 0 Å². The van der Waals surface area contributed by atoms with Gasteiger partial charge in [0.05, 0.1) is 12.5 Å². The Balaban J connectivity index is 1.29. The van der Waals surface area contributed by atoms with Gasteiger partial charge in [0.1, 0.15) is 0 Å². The van der Waals surface area contributed by atoms with E-state index < -0.39 is 0 Å². The fraction of sp³-hybridized carbons (Fsp3) is 0.588. The average Bonchev–Trinajstić information content (AvgIpc) is 2.92. The fourth-order valence-electron chi connectivity index (χ4n) is 3.37. The second-order valence-electron chi connectivity index (χ2n) is 6.71. The lowest BCUT2D eigenvalue weighted by Crippen LogP contribution is -2.50. The van der Waals surface area contributed by atoms with Crippen LogP contribution in [0.4, 0.5) is 0 Å². The highest BCUT2D eigenvalue weighted by molar-refractivity contribution is 5.78. The minimum absolute atomic E-state index is 0.182. The van der Waals surface area contributed by atoms with Gasteiger partial charge in [0.15, 0.2) is 0 Å². The van der Waals surface area contributed by atoms with Gasteiger partial charge in [-0.25, -0.2) is 9.97 Å². The van der Waals surface area contributed by atoms with E-state index in [0.29, 0.717) is 24.1 Å². The van der Waals surface area contributed by atoms with Crippen molar-refractivity contribution in [3.8, 4) is 11.6 Å². The molecule has 2 saturated heterocycles. The van der Waals surface area contributed by atoms with Gasteiger partial charge in [-0.1, -0.05) is 18.0 Å². The third-order valence-electron chi connectivity index (χ3n) is 4.83. The van der Waals surface area contributed by atoms with Gasteiger partial charge >= 0.3 is 0 Å². The first kappa shape index (κ1) is 16.1. The van der Waals surface area contributed by atoms with Gasteiger partial charge in [-0.05, 0) is 18.9 Å². The summed E-state index contributed by atoms with van der Waals surface area (Å²) in [7, 11) is 0. The van der Waals surface area contributed by atoms with Crippen molar-refractivity contribution < 1.29 is 9.32 Å². The second kappa shape index (κ2) is 7.26. The van der Waals surface area contributed by atoms with Crippen molar-refractivity contribution >= 4 is 5.91 Å². The molecule has 0 spiro atoms. The van der Waals surface area contributed by atoms with Crippen LogP contribution < -0.4 is 0 Å². The summed E-state index contributed by atoms with van der Waals surface area (Å²) in [4.78, 5) is 29.2. The molecule has 0 unspecified atom stereocenters. The summed E-state index contributed by atoms with van der Waals surface area (Å²) in [5.41, 5.74) is 0. The van der Waals surface area contributed by atoms with Gasteiger partial charge < -0.3 is 9.42 Å². The first-order valence-electron chi connectivity index (χ1n) is 8.91. The molecule has 0 bridgehead atoms. The minimum atomic E-state index is 0.182. The Labute approximate surface area is 146 Å². The van der Waals surface area contributed by atoms with Crippen LogP contribution in [0.3, 0.4) is 0 Å². The number of hydrogen-bond donors (Lipinski definition) is 0. The van der Waals surface area contributed by atoms with E-state index in [1.165, 1.54) is 12.8 Å². The lowest BCUT2D eigenvalue weighted by Gasteiger charge is -2.37. The summed E-state index contributed by atoms with van der Waals surface area (Å²) < 4.78 is 5.35. The Bertz CT molecular complexity index is 705. The summed E-state index contributed by atoms with van der Waals surface area (Å²) in [6, 6.07) is 1.75. The van der Waals surface area contributed by atoms with Crippen molar-refractivity contribution in [2.24, 2.45) is 0 Å². The number of hydrogen-bond acceptors (Lipinski definition) is 7. The molecule has 2 aliphatic rings. The Morgan fingerprint density at radius 2 is 1.80 bits per heavy atom. The lowest BCUT2D eigenvalue weighted by molar-refractivity contribution is -0.133. The summed E-state index contributed by atoms with van der Waals surface area (Å²) in [5, 5.41) is 3.95. The molecule has 8 nitrogen and oxygen atoms in total. The van der Waals surface area contributed by atoms with Crippen LogP contribution in [0.25, 0.3) is 11.6 Å². The number of likely N-dealkylation sites (tertiary alicyclic amines) is 2. The van der Waals surface area contributed by atoms with Crippen LogP contribution in [0.1, 0.15) is 37.5 Å². The molecule has 0 aromatic carbocycles. The molecule has 2 fully saturated rings. The molecule has 2 aliphatic heterocycles. The van der Waals surface area contributed by atoms with Gasteiger partial charge in [-0.15, -0.1) is 0 Å². The van der Waals surface area contributed by atoms with Gasteiger partial charge in [-0.3, -0.25) is 9.69 Å². The molecular weight excluding hydrogens is 320 g/mol. The van der Waals surface area contributed by atoms with Crippen LogP contribution >= 0.6 is 0 Å². The molecule has 0 atom stereocenters. The molecule has 0 saturated carbocycles. The smallest absolute Gasteiger partial charge is 0.240 e. The van der Waals surface area contributed by atoms with Gasteiger partial charge in [-0.2, -0.15) is 4.98 Å². The van der Waals surface area contributed by atoms with E-state index in [2.05, 4.69) is 25.0 Å². The summed E-state index contributed by atoms with van der Waals surface area (Å²) in [6.45, 7) is 3.84. The normalized spacial score (nSPS) is 19.4. The van der Waals surface area contributed by atoms with E-state index in [4.69, 9.17) is 4.52 Å². The Morgan fingerprint density at radius 1 is 1.08 bits per heavy atom. The van der Waals surface area contributed by atoms with Crippen LogP contribution in [0, 0.1) is 0 Å². The maximum absolute atomic E-state index is 12.4. The molecule has 0 N–H and O–H groups in total. The largest absolute Gasteiger partial charge is 0.342 e. The third kappa shape index (κ3) is 3.68. The lowest BCUT2D eigenvalue weighted by atomic mass is 10.0. The first-order chi connectivity index (χ1) is 12.3. The summed E-state index contributed by atoms with van der Waals surface area (Å²) in [5.74, 6) is 1.90. The average molecular weight is 342 g/mol. The number of amides is 1. The van der Waals surface area contributed by atoms with Crippen molar-refractivity contribution in [2.75, 3.05) is 32.7 Å². The zero-order valence-electron chi connectivity index (χ0n) is 14.2. The predicted octanol–water partition coefficient (Wildman–Crippen LogP) is 1.33. The Hall–Kier alpha value is -2.35. The number of carbonyl (C=O) groups excluding carboxylic acids is 1. The molecule has 4 heterocycles. The van der Waals surface area contributed by atoms with Crippen molar-refractivity contribution in [1.82, 2.24) is 29.9 Å². The molecule has 0 radical (unpaired) electrons. The van der Waals surface area contributed by atoms with Crippen molar-refractivity contribution in [2.45, 2.75) is 31.6 Å². The maximum atomic E-state index is 12.4. The van der Waals surface area contributed by atoms with E-state index in [1.54, 1.807) is 18.5 Å². The van der Waals surface area contributed by atoms with E-state index in [0.717, 1.165) is 39.0 Å². The van der Waals surface area contributed by atoms with Crippen molar-refractivity contribution in [3.63, 3.8) is 0 Å². The monoisotopic (exact) mass is 342 g/mol. The molecule has 25 heavy (non-hydrogen) atoms. The highest BCUT2D eigenvalue weighted by Crippen LogP contribution is 2.26. The highest BCUT2D eigenvalue weighted by atomic mass is 16.5. The molecule has 8 heteroatoms. The number of aromatic nitrogens is 4. The molecule has 1 amide bonds. The predicted molar refractivity (Wildman–Crippen MR) is 89.6 cm³/mol. The highest BCUT2D eigenvalue weighted by Gasteiger charge is 2.34. The first-order valence-corrected chi connectivity index (χ1v) is 8.91. The third-order valence-corrected chi connectivity index (χ3v) is 4.83. The summed E-state index contributed by atoms with van der Waals surface area (Å²) >= 11 is 0. The fourth-order valence-corrected chi connectivity index (χ4v) is 3.37. The van der Waals surface area contributed by atoms with Crippen LogP contribution in [0.2, 0.25) is 0 Å². The maximum Gasteiger partial charge on any atom is 0.240 e. The SMILES string of the molecule is O=C(CN1CC(c2nc(-c3ncccn3)no2)C1)N1CCCCCC1. The van der Waals surface area contributed by atoms with E-state index in [1.807, 2.05) is 4.90 Å². The quantitative estimate of drug-likeness (QED) is 0.828. The Morgan fingerprint density at radius 3 is 2.52 bits per heavy atom. The second-order valence-corrected chi connectivity index (χ2v) is 6.71. The van der Waals surface area contributed by atoms with Crippen LogP contribution in [0.15, 0.2) is 23.0 Å². The standard InChI is InChI=1S/C17H22N6O2/c24-14(23-8-3-1-2-4-9-23)12-22-10-13(11-22)17-20-16(21-25-17)15-18-6-5-7-19-15/h5-7,13H,1-4,8-12H2. The number of carbonyl (C=O) groups is 1. The van der Waals surface area contributed by atoms with Crippen LogP contribution in [-0.2, 0) is 4.79 Å². The number of rotatable bonds is 4.